The number of phosphoric ester groups is 1. The van der Waals surface area contributed by atoms with Crippen LogP contribution in [0.1, 0.15) is 10.4 Å². The van der Waals surface area contributed by atoms with E-state index in [0.717, 1.165) is 0 Å². The van der Waals surface area contributed by atoms with E-state index >= 15 is 0 Å². The molecule has 0 amide bonds. The van der Waals surface area contributed by atoms with Gasteiger partial charge in [0.25, 0.3) is 0 Å². The molecule has 0 radical (unpaired) electrons. The third kappa shape index (κ3) is 4.61. The van der Waals surface area contributed by atoms with Gasteiger partial charge < -0.3 is 4.52 Å². The Balaban J connectivity index is 0.00000169. The summed E-state index contributed by atoms with van der Waals surface area (Å²) in [5, 5.41) is 0. The first-order valence-corrected chi connectivity index (χ1v) is 4.86. The van der Waals surface area contributed by atoms with Crippen LogP contribution in [0.5, 0.6) is 0 Å². The number of benzene rings is 1. The summed E-state index contributed by atoms with van der Waals surface area (Å²) >= 11 is 0. The van der Waals surface area contributed by atoms with Gasteiger partial charge in [-0.15, -0.1) is 0 Å². The van der Waals surface area contributed by atoms with E-state index in [-0.39, 0.29) is 24.4 Å². The van der Waals surface area contributed by atoms with E-state index in [0.29, 0.717) is 0 Å². The second-order valence-corrected chi connectivity index (χ2v) is 3.40. The van der Waals surface area contributed by atoms with Crippen LogP contribution < -0.4 is 0 Å². The zero-order valence-electron chi connectivity index (χ0n) is 6.45. The van der Waals surface area contributed by atoms with Crippen LogP contribution in [-0.4, -0.2) is 34.6 Å². The van der Waals surface area contributed by atoms with Gasteiger partial charge in [0.05, 0.1) is 5.56 Å². The molecule has 1 aromatic carbocycles. The van der Waals surface area contributed by atoms with E-state index < -0.39 is 13.8 Å². The molecule has 2 N–H and O–H groups in total. The zero-order valence-corrected chi connectivity index (χ0v) is 7.35. The molecule has 0 aliphatic heterocycles. The SMILES string of the molecule is O=C(OP(=O)(O)O)c1ccccc1.[LiH]. The van der Waals surface area contributed by atoms with Crippen molar-refractivity contribution in [3.8, 4) is 0 Å². The minimum absolute atomic E-state index is 0. The summed E-state index contributed by atoms with van der Waals surface area (Å²) in [6.45, 7) is 0. The summed E-state index contributed by atoms with van der Waals surface area (Å²) in [7, 11) is -4.74. The second kappa shape index (κ2) is 5.35. The number of carbonyl (C=O) groups is 1. The van der Waals surface area contributed by atoms with Gasteiger partial charge in [-0.1, -0.05) is 18.2 Å². The van der Waals surface area contributed by atoms with E-state index in [1.165, 1.54) is 12.1 Å². The molecule has 0 spiro atoms. The molecule has 0 bridgehead atoms. The third-order valence-corrected chi connectivity index (χ3v) is 1.61. The monoisotopic (exact) mass is 210 g/mol. The quantitative estimate of drug-likeness (QED) is 0.541. The first-order valence-electron chi connectivity index (χ1n) is 3.33. The molecule has 1 aromatic rings. The van der Waals surface area contributed by atoms with Crippen molar-refractivity contribution in [3.63, 3.8) is 0 Å². The molecular formula is C7H8LiO5P. The first kappa shape index (κ1) is 13.4. The predicted molar refractivity (Wildman–Crippen MR) is 51.1 cm³/mol. The topological polar surface area (TPSA) is 83.8 Å². The Kier molecular flexibility index (Phi) is 5.14. The van der Waals surface area contributed by atoms with Gasteiger partial charge in [0.1, 0.15) is 0 Å². The Morgan fingerprint density at radius 2 is 1.71 bits per heavy atom. The fourth-order valence-corrected chi connectivity index (χ4v) is 1.06. The number of phosphoric acid groups is 1. The normalized spacial score (nSPS) is 10.1. The van der Waals surface area contributed by atoms with E-state index in [2.05, 4.69) is 4.52 Å². The Labute approximate surface area is 92.5 Å². The summed E-state index contributed by atoms with van der Waals surface area (Å²) in [6, 6.07) is 7.61. The number of hydrogen-bond donors (Lipinski definition) is 2. The van der Waals surface area contributed by atoms with Gasteiger partial charge in [-0.05, 0) is 12.1 Å². The van der Waals surface area contributed by atoms with Crippen molar-refractivity contribution in [1.82, 2.24) is 0 Å². The average Bonchev–Trinajstić information content (AvgIpc) is 2.03. The molecule has 0 saturated carbocycles. The van der Waals surface area contributed by atoms with Crippen molar-refractivity contribution in [2.75, 3.05) is 0 Å². The summed E-state index contributed by atoms with van der Waals surface area (Å²) in [6.07, 6.45) is 0. The van der Waals surface area contributed by atoms with Crippen molar-refractivity contribution in [3.05, 3.63) is 35.9 Å². The molecule has 0 aliphatic rings. The van der Waals surface area contributed by atoms with E-state index in [9.17, 15) is 9.36 Å². The maximum absolute atomic E-state index is 10.9. The average molecular weight is 210 g/mol. The van der Waals surface area contributed by atoms with Crippen LogP contribution in [0.25, 0.3) is 0 Å². The summed E-state index contributed by atoms with van der Waals surface area (Å²) < 4.78 is 14.1. The predicted octanol–water partition coefficient (Wildman–Crippen LogP) is 0.288. The van der Waals surface area contributed by atoms with Crippen molar-refractivity contribution >= 4 is 32.7 Å². The Morgan fingerprint density at radius 3 is 2.14 bits per heavy atom. The molecule has 7 heteroatoms. The Morgan fingerprint density at radius 1 is 1.21 bits per heavy atom. The molecule has 1 rings (SSSR count). The van der Waals surface area contributed by atoms with E-state index in [1.807, 2.05) is 0 Å². The molecule has 0 unspecified atom stereocenters. The molecule has 0 aromatic heterocycles. The summed E-state index contributed by atoms with van der Waals surface area (Å²) in [5.41, 5.74) is 0.103. The van der Waals surface area contributed by atoms with Crippen molar-refractivity contribution in [2.24, 2.45) is 0 Å². The van der Waals surface area contributed by atoms with Crippen LogP contribution in [0.3, 0.4) is 0 Å². The molecule has 0 saturated heterocycles. The van der Waals surface area contributed by atoms with E-state index in [4.69, 9.17) is 9.79 Å². The molecule has 72 valence electrons. The standard InChI is InChI=1S/C7H7O5P.Li.H/c8-7(12-13(9,10)11)6-4-2-1-3-5-6;;/h1-5H,(H2,9,10,11);;. The Bertz CT molecular complexity index is 346. The van der Waals surface area contributed by atoms with Crippen LogP contribution in [-0.2, 0) is 9.09 Å². The van der Waals surface area contributed by atoms with Gasteiger partial charge in [0, 0.05) is 0 Å². The van der Waals surface area contributed by atoms with Crippen molar-refractivity contribution in [2.45, 2.75) is 0 Å². The van der Waals surface area contributed by atoms with Gasteiger partial charge in [-0.25, -0.2) is 9.36 Å². The zero-order chi connectivity index (χ0) is 9.90. The van der Waals surface area contributed by atoms with Gasteiger partial charge >= 0.3 is 32.7 Å². The minimum atomic E-state index is -4.74. The van der Waals surface area contributed by atoms with Gasteiger partial charge in [0.2, 0.25) is 0 Å². The number of carbonyl (C=O) groups excluding carboxylic acids is 1. The Hall–Kier alpha value is -0.563. The first-order chi connectivity index (χ1) is 5.99. The molecule has 14 heavy (non-hydrogen) atoms. The number of rotatable bonds is 2. The van der Waals surface area contributed by atoms with Crippen LogP contribution >= 0.6 is 7.82 Å². The molecular weight excluding hydrogens is 202 g/mol. The van der Waals surface area contributed by atoms with Gasteiger partial charge in [-0.3, -0.25) is 9.79 Å². The van der Waals surface area contributed by atoms with Crippen LogP contribution in [0, 0.1) is 0 Å². The molecule has 0 fully saturated rings. The molecule has 5 nitrogen and oxygen atoms in total. The summed E-state index contributed by atoms with van der Waals surface area (Å²) in [4.78, 5) is 27.6. The van der Waals surface area contributed by atoms with Crippen molar-refractivity contribution in [1.29, 1.82) is 0 Å². The van der Waals surface area contributed by atoms with Gasteiger partial charge in [0.15, 0.2) is 0 Å². The van der Waals surface area contributed by atoms with Crippen LogP contribution in [0.15, 0.2) is 30.3 Å². The summed E-state index contributed by atoms with van der Waals surface area (Å²) in [5.74, 6) is -1.03. The fourth-order valence-electron chi connectivity index (χ4n) is 0.735. The fraction of sp³-hybridized carbons (Fsp3) is 0. The van der Waals surface area contributed by atoms with Crippen LogP contribution in [0.2, 0.25) is 0 Å². The maximum atomic E-state index is 10.9. The second-order valence-electron chi connectivity index (χ2n) is 2.24. The third-order valence-electron chi connectivity index (χ3n) is 1.21. The van der Waals surface area contributed by atoms with Crippen molar-refractivity contribution < 1.29 is 23.7 Å². The molecule has 0 heterocycles. The van der Waals surface area contributed by atoms with E-state index in [1.54, 1.807) is 18.2 Å². The number of hydrogen-bond acceptors (Lipinski definition) is 3. The molecule has 0 aliphatic carbocycles. The van der Waals surface area contributed by atoms with Gasteiger partial charge in [-0.2, -0.15) is 0 Å². The van der Waals surface area contributed by atoms with Crippen LogP contribution in [0.4, 0.5) is 0 Å². The molecule has 0 atom stereocenters.